The molecule has 2 nitrogen and oxygen atoms in total. The molecular formula is C14H21ClO2S. The topological polar surface area (TPSA) is 34.1 Å². The molecule has 0 saturated carbocycles. The summed E-state index contributed by atoms with van der Waals surface area (Å²) in [5, 5.41) is -1.06. The summed E-state index contributed by atoms with van der Waals surface area (Å²) in [4.78, 5) is 0. The number of halogens is 1. The van der Waals surface area contributed by atoms with Gasteiger partial charge >= 0.3 is 0 Å². The molecule has 0 spiro atoms. The van der Waals surface area contributed by atoms with Crippen LogP contribution in [-0.4, -0.2) is 19.9 Å². The summed E-state index contributed by atoms with van der Waals surface area (Å²) in [6, 6.07) is 6.04. The highest BCUT2D eigenvalue weighted by molar-refractivity contribution is 7.91. The van der Waals surface area contributed by atoms with Crippen LogP contribution < -0.4 is 0 Å². The van der Waals surface area contributed by atoms with Crippen molar-refractivity contribution in [2.45, 2.75) is 44.2 Å². The summed E-state index contributed by atoms with van der Waals surface area (Å²) < 4.78 is 23.1. The monoisotopic (exact) mass is 288 g/mol. The first kappa shape index (κ1) is 15.5. The molecule has 0 radical (unpaired) electrons. The Balaban J connectivity index is 3.11. The molecule has 0 heterocycles. The Morgan fingerprint density at radius 1 is 1.17 bits per heavy atom. The molecule has 102 valence electrons. The highest BCUT2D eigenvalue weighted by atomic mass is 35.5. The third kappa shape index (κ3) is 3.48. The maximum absolute atomic E-state index is 11.5. The molecule has 18 heavy (non-hydrogen) atoms. The molecule has 0 aromatic heterocycles. The lowest BCUT2D eigenvalue weighted by atomic mass is 9.98. The van der Waals surface area contributed by atoms with Crippen LogP contribution in [0.4, 0.5) is 0 Å². The SMILES string of the molecule is CCc1ccc(C(Cl)C(C)S(C)(=O)=O)cc1CC. The van der Waals surface area contributed by atoms with Gasteiger partial charge in [-0.25, -0.2) is 8.42 Å². The number of aryl methyl sites for hydroxylation is 2. The maximum Gasteiger partial charge on any atom is 0.151 e. The van der Waals surface area contributed by atoms with Gasteiger partial charge in [-0.2, -0.15) is 0 Å². The van der Waals surface area contributed by atoms with Crippen molar-refractivity contribution in [3.63, 3.8) is 0 Å². The Morgan fingerprint density at radius 3 is 2.17 bits per heavy atom. The minimum absolute atomic E-state index is 0.490. The largest absolute Gasteiger partial charge is 0.229 e. The Bertz CT molecular complexity index is 509. The molecule has 0 bridgehead atoms. The van der Waals surface area contributed by atoms with Gasteiger partial charge in [0, 0.05) is 6.26 Å². The highest BCUT2D eigenvalue weighted by Gasteiger charge is 2.25. The summed E-state index contributed by atoms with van der Waals surface area (Å²) in [5.74, 6) is 0. The van der Waals surface area contributed by atoms with Crippen LogP contribution >= 0.6 is 11.6 Å². The van der Waals surface area contributed by atoms with E-state index in [1.54, 1.807) is 6.92 Å². The second-order valence-corrected chi connectivity index (χ2v) is 7.54. The molecule has 0 saturated heterocycles. The highest BCUT2D eigenvalue weighted by Crippen LogP contribution is 2.30. The lowest BCUT2D eigenvalue weighted by Gasteiger charge is -2.18. The standard InChI is InChI=1S/C14H21ClO2S/c1-5-11-7-8-13(9-12(11)6-2)14(15)10(3)18(4,16)17/h7-10,14H,5-6H2,1-4H3. The first-order valence-corrected chi connectivity index (χ1v) is 8.65. The zero-order chi connectivity index (χ0) is 13.9. The molecule has 0 aliphatic heterocycles. The van der Waals surface area contributed by atoms with E-state index in [0.29, 0.717) is 0 Å². The third-order valence-electron chi connectivity index (χ3n) is 3.40. The van der Waals surface area contributed by atoms with E-state index in [4.69, 9.17) is 11.6 Å². The lowest BCUT2D eigenvalue weighted by molar-refractivity contribution is 0.587. The van der Waals surface area contributed by atoms with E-state index < -0.39 is 20.5 Å². The number of benzene rings is 1. The Morgan fingerprint density at radius 2 is 1.72 bits per heavy atom. The fraction of sp³-hybridized carbons (Fsp3) is 0.571. The maximum atomic E-state index is 11.5. The van der Waals surface area contributed by atoms with Crippen molar-refractivity contribution in [2.24, 2.45) is 0 Å². The summed E-state index contributed by atoms with van der Waals surface area (Å²) in [6.45, 7) is 5.87. The van der Waals surface area contributed by atoms with Crippen LogP contribution in [-0.2, 0) is 22.7 Å². The first-order chi connectivity index (χ1) is 8.31. The van der Waals surface area contributed by atoms with Crippen molar-refractivity contribution >= 4 is 21.4 Å². The van der Waals surface area contributed by atoms with Crippen LogP contribution in [0.1, 0.15) is 42.8 Å². The number of rotatable bonds is 5. The van der Waals surface area contributed by atoms with Gasteiger partial charge in [0.1, 0.15) is 0 Å². The number of hydrogen-bond acceptors (Lipinski definition) is 2. The van der Waals surface area contributed by atoms with Gasteiger partial charge in [0.2, 0.25) is 0 Å². The number of sulfone groups is 1. The first-order valence-electron chi connectivity index (χ1n) is 6.25. The van der Waals surface area contributed by atoms with Crippen LogP contribution in [0.3, 0.4) is 0 Å². The smallest absolute Gasteiger partial charge is 0.151 e. The van der Waals surface area contributed by atoms with Crippen molar-refractivity contribution < 1.29 is 8.42 Å². The van der Waals surface area contributed by atoms with Gasteiger partial charge in [0.15, 0.2) is 9.84 Å². The molecule has 1 rings (SSSR count). The van der Waals surface area contributed by atoms with Crippen molar-refractivity contribution in [1.82, 2.24) is 0 Å². The molecule has 0 aliphatic rings. The molecule has 0 N–H and O–H groups in total. The lowest BCUT2D eigenvalue weighted by Crippen LogP contribution is -2.21. The molecule has 0 aliphatic carbocycles. The second-order valence-electron chi connectivity index (χ2n) is 4.67. The van der Waals surface area contributed by atoms with Crippen molar-refractivity contribution in [1.29, 1.82) is 0 Å². The van der Waals surface area contributed by atoms with Gasteiger partial charge < -0.3 is 0 Å². The van der Waals surface area contributed by atoms with Crippen LogP contribution in [0.15, 0.2) is 18.2 Å². The molecule has 4 heteroatoms. The van der Waals surface area contributed by atoms with E-state index in [-0.39, 0.29) is 0 Å². The minimum atomic E-state index is -3.12. The average molecular weight is 289 g/mol. The van der Waals surface area contributed by atoms with E-state index in [1.165, 1.54) is 17.4 Å². The van der Waals surface area contributed by atoms with Crippen LogP contribution in [0.5, 0.6) is 0 Å². The van der Waals surface area contributed by atoms with E-state index in [0.717, 1.165) is 18.4 Å². The summed E-state index contributed by atoms with van der Waals surface area (Å²) >= 11 is 6.29. The van der Waals surface area contributed by atoms with Gasteiger partial charge in [0.05, 0.1) is 10.6 Å². The van der Waals surface area contributed by atoms with E-state index in [2.05, 4.69) is 19.9 Å². The molecule has 1 aromatic rings. The van der Waals surface area contributed by atoms with Gasteiger partial charge in [-0.1, -0.05) is 32.0 Å². The molecular weight excluding hydrogens is 268 g/mol. The second kappa shape index (κ2) is 6.07. The van der Waals surface area contributed by atoms with Crippen molar-refractivity contribution in [3.8, 4) is 0 Å². The van der Waals surface area contributed by atoms with Crippen LogP contribution in [0, 0.1) is 0 Å². The Kier molecular flexibility index (Phi) is 5.23. The summed E-state index contributed by atoms with van der Waals surface area (Å²) in [7, 11) is -3.12. The zero-order valence-electron chi connectivity index (χ0n) is 11.4. The number of alkyl halides is 1. The van der Waals surface area contributed by atoms with Gasteiger partial charge in [0.25, 0.3) is 0 Å². The molecule has 1 aromatic carbocycles. The molecule has 2 atom stereocenters. The average Bonchev–Trinajstić information content (AvgIpc) is 2.34. The van der Waals surface area contributed by atoms with Gasteiger partial charge in [-0.3, -0.25) is 0 Å². The quantitative estimate of drug-likeness (QED) is 0.777. The predicted molar refractivity (Wildman–Crippen MR) is 78.1 cm³/mol. The zero-order valence-corrected chi connectivity index (χ0v) is 13.0. The normalized spacial score (nSPS) is 15.4. The Labute approximate surface area is 115 Å². The van der Waals surface area contributed by atoms with Crippen molar-refractivity contribution in [2.75, 3.05) is 6.26 Å². The minimum Gasteiger partial charge on any atom is -0.229 e. The van der Waals surface area contributed by atoms with Crippen LogP contribution in [0.2, 0.25) is 0 Å². The summed E-state index contributed by atoms with van der Waals surface area (Å²) in [5.41, 5.74) is 3.45. The predicted octanol–water partition coefficient (Wildman–Crippen LogP) is 3.52. The van der Waals surface area contributed by atoms with E-state index >= 15 is 0 Å². The van der Waals surface area contributed by atoms with Crippen molar-refractivity contribution in [3.05, 3.63) is 34.9 Å². The third-order valence-corrected chi connectivity index (χ3v) is 5.80. The molecule has 0 fully saturated rings. The van der Waals surface area contributed by atoms with E-state index in [9.17, 15) is 8.42 Å². The number of hydrogen-bond donors (Lipinski definition) is 0. The molecule has 2 unspecified atom stereocenters. The van der Waals surface area contributed by atoms with Gasteiger partial charge in [-0.05, 0) is 36.5 Å². The molecule has 0 amide bonds. The fourth-order valence-electron chi connectivity index (χ4n) is 1.98. The van der Waals surface area contributed by atoms with Gasteiger partial charge in [-0.15, -0.1) is 11.6 Å². The fourth-order valence-corrected chi connectivity index (χ4v) is 3.27. The Hall–Kier alpha value is -0.540. The van der Waals surface area contributed by atoms with Crippen LogP contribution in [0.25, 0.3) is 0 Å². The summed E-state index contributed by atoms with van der Waals surface area (Å²) in [6.07, 6.45) is 3.15. The van der Waals surface area contributed by atoms with E-state index in [1.807, 2.05) is 12.1 Å².